The lowest BCUT2D eigenvalue weighted by Gasteiger charge is -2.11. The van der Waals surface area contributed by atoms with Crippen LogP contribution in [0.25, 0.3) is 11.5 Å². The molecule has 25 heavy (non-hydrogen) atoms. The normalized spacial score (nSPS) is 23.3. The molecule has 0 spiro atoms. The fourth-order valence-corrected chi connectivity index (χ4v) is 5.41. The molecule has 1 saturated heterocycles. The van der Waals surface area contributed by atoms with E-state index in [1.54, 1.807) is 17.8 Å². The quantitative estimate of drug-likeness (QED) is 0.808. The van der Waals surface area contributed by atoms with Gasteiger partial charge >= 0.3 is 0 Å². The van der Waals surface area contributed by atoms with Gasteiger partial charge in [-0.3, -0.25) is 4.79 Å². The van der Waals surface area contributed by atoms with Crippen LogP contribution in [-0.4, -0.2) is 44.5 Å². The number of hydrogen-bond acceptors (Lipinski definition) is 6. The summed E-state index contributed by atoms with van der Waals surface area (Å²) in [5.74, 6) is 1.91. The van der Waals surface area contributed by atoms with Gasteiger partial charge in [-0.2, -0.15) is 10.2 Å². The average molecular weight is 363 g/mol. The van der Waals surface area contributed by atoms with E-state index in [4.69, 9.17) is 4.98 Å². The number of aromatic nitrogens is 5. The minimum atomic E-state index is -3.03. The Kier molecular flexibility index (Phi) is 3.98. The van der Waals surface area contributed by atoms with E-state index in [0.717, 1.165) is 18.7 Å². The van der Waals surface area contributed by atoms with E-state index in [-0.39, 0.29) is 23.1 Å². The maximum atomic E-state index is 11.9. The van der Waals surface area contributed by atoms with Crippen LogP contribution in [0.1, 0.15) is 49.9 Å². The first-order chi connectivity index (χ1) is 11.9. The molecule has 2 aliphatic rings. The second kappa shape index (κ2) is 6.05. The lowest BCUT2D eigenvalue weighted by Crippen LogP contribution is -2.20. The van der Waals surface area contributed by atoms with Gasteiger partial charge in [0, 0.05) is 19.0 Å². The largest absolute Gasteiger partial charge is 0.268 e. The van der Waals surface area contributed by atoms with Gasteiger partial charge < -0.3 is 0 Å². The first kappa shape index (κ1) is 16.4. The van der Waals surface area contributed by atoms with E-state index in [2.05, 4.69) is 10.2 Å². The molecule has 9 heteroatoms. The molecule has 1 aliphatic heterocycles. The molecule has 8 nitrogen and oxygen atoms in total. The zero-order chi connectivity index (χ0) is 17.6. The van der Waals surface area contributed by atoms with Crippen LogP contribution in [0.15, 0.2) is 16.9 Å². The molecule has 134 valence electrons. The summed E-state index contributed by atoms with van der Waals surface area (Å²) in [5.41, 5.74) is 0.345. The molecule has 2 fully saturated rings. The van der Waals surface area contributed by atoms with Gasteiger partial charge in [0.15, 0.2) is 21.5 Å². The van der Waals surface area contributed by atoms with Gasteiger partial charge in [0.1, 0.15) is 5.69 Å². The third-order valence-electron chi connectivity index (χ3n) is 5.11. The number of rotatable bonds is 3. The van der Waals surface area contributed by atoms with Crippen molar-refractivity contribution >= 4 is 9.84 Å². The highest BCUT2D eigenvalue weighted by atomic mass is 32.2. The highest BCUT2D eigenvalue weighted by molar-refractivity contribution is 7.91. The van der Waals surface area contributed by atoms with Crippen LogP contribution >= 0.6 is 0 Å². The molecule has 0 N–H and O–H groups in total. The van der Waals surface area contributed by atoms with Crippen molar-refractivity contribution in [3.05, 3.63) is 28.3 Å². The molecule has 2 aromatic heterocycles. The van der Waals surface area contributed by atoms with Gasteiger partial charge in [0.05, 0.1) is 17.5 Å². The van der Waals surface area contributed by atoms with Crippen LogP contribution in [0.3, 0.4) is 0 Å². The van der Waals surface area contributed by atoms with Crippen molar-refractivity contribution in [2.45, 2.75) is 44.1 Å². The maximum Gasteiger partial charge on any atom is 0.266 e. The lowest BCUT2D eigenvalue weighted by molar-refractivity contribution is 0.492. The smallest absolute Gasteiger partial charge is 0.266 e. The molecule has 1 atom stereocenters. The SMILES string of the molecule is Cn1nc(-c2nc(C3CCCC3)nn2[C@@H]2CCS(=O)(=O)C2)ccc1=O. The molecule has 0 radical (unpaired) electrons. The topological polar surface area (TPSA) is 99.7 Å². The fraction of sp³-hybridized carbons (Fsp3) is 0.625. The Balaban J connectivity index is 1.80. The van der Waals surface area contributed by atoms with E-state index in [0.29, 0.717) is 23.9 Å². The van der Waals surface area contributed by atoms with Gasteiger partial charge in [-0.15, -0.1) is 0 Å². The Hall–Kier alpha value is -2.03. The summed E-state index contributed by atoms with van der Waals surface area (Å²) in [7, 11) is -1.44. The Morgan fingerprint density at radius 2 is 1.88 bits per heavy atom. The number of hydrogen-bond donors (Lipinski definition) is 0. The lowest BCUT2D eigenvalue weighted by atomic mass is 10.1. The van der Waals surface area contributed by atoms with E-state index in [1.807, 2.05) is 0 Å². The predicted molar refractivity (Wildman–Crippen MR) is 92.0 cm³/mol. The van der Waals surface area contributed by atoms with Crippen molar-refractivity contribution in [3.8, 4) is 11.5 Å². The first-order valence-electron chi connectivity index (χ1n) is 8.64. The van der Waals surface area contributed by atoms with Gasteiger partial charge in [0.25, 0.3) is 5.56 Å². The zero-order valence-corrected chi connectivity index (χ0v) is 14.9. The first-order valence-corrected chi connectivity index (χ1v) is 10.5. The summed E-state index contributed by atoms with van der Waals surface area (Å²) >= 11 is 0. The fourth-order valence-electron chi connectivity index (χ4n) is 3.72. The van der Waals surface area contributed by atoms with Crippen molar-refractivity contribution < 1.29 is 8.42 Å². The molecule has 0 amide bonds. The third kappa shape index (κ3) is 3.12. The van der Waals surface area contributed by atoms with Crippen molar-refractivity contribution in [1.82, 2.24) is 24.5 Å². The molecular formula is C16H21N5O3S. The summed E-state index contributed by atoms with van der Waals surface area (Å²) in [4.78, 5) is 16.3. The van der Waals surface area contributed by atoms with Crippen LogP contribution < -0.4 is 5.56 Å². The average Bonchev–Trinajstić information content (AvgIpc) is 3.28. The minimum Gasteiger partial charge on any atom is -0.268 e. The summed E-state index contributed by atoms with van der Waals surface area (Å²) < 4.78 is 26.8. The second-order valence-corrected chi connectivity index (χ2v) is 9.19. The summed E-state index contributed by atoms with van der Waals surface area (Å²) in [6.45, 7) is 0. The second-order valence-electron chi connectivity index (χ2n) is 6.96. The van der Waals surface area contributed by atoms with Crippen molar-refractivity contribution in [1.29, 1.82) is 0 Å². The Bertz CT molecular complexity index is 956. The molecular weight excluding hydrogens is 342 g/mol. The summed E-state index contributed by atoms with van der Waals surface area (Å²) in [6.07, 6.45) is 5.00. The Morgan fingerprint density at radius 1 is 1.12 bits per heavy atom. The molecule has 0 unspecified atom stereocenters. The van der Waals surface area contributed by atoms with Crippen LogP contribution in [-0.2, 0) is 16.9 Å². The molecule has 0 aromatic carbocycles. The highest BCUT2D eigenvalue weighted by Gasteiger charge is 2.33. The molecule has 1 saturated carbocycles. The Labute approximate surface area is 145 Å². The number of nitrogens with zero attached hydrogens (tertiary/aromatic N) is 5. The molecule has 2 aromatic rings. The third-order valence-corrected chi connectivity index (χ3v) is 6.86. The maximum absolute atomic E-state index is 11.9. The molecule has 4 rings (SSSR count). The van der Waals surface area contributed by atoms with Crippen molar-refractivity contribution in [2.24, 2.45) is 7.05 Å². The van der Waals surface area contributed by atoms with E-state index in [1.165, 1.54) is 23.6 Å². The minimum absolute atomic E-state index is 0.0826. The molecule has 0 bridgehead atoms. The van der Waals surface area contributed by atoms with Crippen LogP contribution in [0.5, 0.6) is 0 Å². The highest BCUT2D eigenvalue weighted by Crippen LogP contribution is 2.35. The predicted octanol–water partition coefficient (Wildman–Crippen LogP) is 1.06. The molecule has 1 aliphatic carbocycles. The monoisotopic (exact) mass is 363 g/mol. The van der Waals surface area contributed by atoms with Crippen molar-refractivity contribution in [3.63, 3.8) is 0 Å². The standard InChI is InChI=1S/C16H21N5O3S/c1-20-14(22)7-6-13(18-20)16-17-15(11-4-2-3-5-11)19-21(16)12-8-9-25(23,24)10-12/h6-7,11-12H,2-5,8-10H2,1H3/t12-/m1/s1. The van der Waals surface area contributed by atoms with Crippen LogP contribution in [0.2, 0.25) is 0 Å². The summed E-state index contributed by atoms with van der Waals surface area (Å²) in [5, 5.41) is 8.96. The van der Waals surface area contributed by atoms with E-state index < -0.39 is 9.84 Å². The van der Waals surface area contributed by atoms with Crippen LogP contribution in [0.4, 0.5) is 0 Å². The Morgan fingerprint density at radius 3 is 2.52 bits per heavy atom. The van der Waals surface area contributed by atoms with E-state index in [9.17, 15) is 13.2 Å². The zero-order valence-electron chi connectivity index (χ0n) is 14.1. The van der Waals surface area contributed by atoms with Gasteiger partial charge in [-0.1, -0.05) is 12.8 Å². The van der Waals surface area contributed by atoms with Gasteiger partial charge in [-0.25, -0.2) is 22.8 Å². The van der Waals surface area contributed by atoms with Crippen LogP contribution in [0, 0.1) is 0 Å². The van der Waals surface area contributed by atoms with Gasteiger partial charge in [0.2, 0.25) is 0 Å². The number of sulfone groups is 1. The summed E-state index contributed by atoms with van der Waals surface area (Å²) in [6, 6.07) is 2.86. The number of aryl methyl sites for hydroxylation is 1. The van der Waals surface area contributed by atoms with Gasteiger partial charge in [-0.05, 0) is 25.3 Å². The van der Waals surface area contributed by atoms with E-state index >= 15 is 0 Å². The molecule has 3 heterocycles. The van der Waals surface area contributed by atoms with Crippen molar-refractivity contribution in [2.75, 3.05) is 11.5 Å².